The summed E-state index contributed by atoms with van der Waals surface area (Å²) in [4.78, 5) is 54.7. The molecule has 0 aromatic heterocycles. The average molecular weight is 485 g/mol. The number of anilines is 1. The van der Waals surface area contributed by atoms with E-state index in [0.717, 1.165) is 24.3 Å². The monoisotopic (exact) mass is 484 g/mol. The Morgan fingerprint density at radius 3 is 2.11 bits per heavy atom. The minimum atomic E-state index is -0.691. The third-order valence-electron chi connectivity index (χ3n) is 9.77. The molecule has 1 spiro atoms. The van der Waals surface area contributed by atoms with Crippen LogP contribution in [0.25, 0.3) is 0 Å². The first-order valence-corrected chi connectivity index (χ1v) is 12.7. The summed E-state index contributed by atoms with van der Waals surface area (Å²) in [7, 11) is 0. The van der Waals surface area contributed by atoms with E-state index in [0.29, 0.717) is 22.7 Å². The highest BCUT2D eigenvalue weighted by Crippen LogP contribution is 2.70. The van der Waals surface area contributed by atoms with Crippen LogP contribution in [-0.4, -0.2) is 56.8 Å². The molecule has 4 amide bonds. The van der Waals surface area contributed by atoms with Gasteiger partial charge in [-0.1, -0.05) is 44.2 Å². The third-order valence-corrected chi connectivity index (χ3v) is 9.77. The van der Waals surface area contributed by atoms with Gasteiger partial charge in [0.15, 0.2) is 0 Å². The van der Waals surface area contributed by atoms with Crippen molar-refractivity contribution in [2.24, 2.45) is 16.7 Å². The van der Waals surface area contributed by atoms with Gasteiger partial charge in [-0.3, -0.25) is 19.2 Å². The predicted octanol–water partition coefficient (Wildman–Crippen LogP) is 3.26. The fourth-order valence-electron chi connectivity index (χ4n) is 7.73. The van der Waals surface area contributed by atoms with Gasteiger partial charge in [0.25, 0.3) is 23.6 Å². The highest BCUT2D eigenvalue weighted by atomic mass is 16.2. The molecule has 2 aromatic rings. The zero-order valence-electron chi connectivity index (χ0n) is 20.5. The topological polar surface area (TPSA) is 81.0 Å². The number of benzene rings is 2. The maximum absolute atomic E-state index is 14.3. The van der Waals surface area contributed by atoms with E-state index in [2.05, 4.69) is 13.8 Å². The standard InChI is InChI=1S/C28H28N4O4/c1-16-22(29(16)32-23(33)19-11-7-8-12-20(19)24(32)34)25(35)31-21-15-17-13-14-28(21,27(17,2)3)26(36)30(31)18-9-5-4-6-10-18/h4-12,16-17,21-22H,13-15H2,1-3H3/t16-,17+,21+,22+,28-,29?/m0/s1. The normalized spacial score (nSPS) is 35.5. The van der Waals surface area contributed by atoms with Gasteiger partial charge in [0.05, 0.1) is 34.3 Å². The zero-order chi connectivity index (χ0) is 25.1. The van der Waals surface area contributed by atoms with E-state index in [9.17, 15) is 19.2 Å². The van der Waals surface area contributed by atoms with Crippen molar-refractivity contribution >= 4 is 29.3 Å². The van der Waals surface area contributed by atoms with Crippen LogP contribution in [0.2, 0.25) is 0 Å². The van der Waals surface area contributed by atoms with Gasteiger partial charge < -0.3 is 0 Å². The van der Waals surface area contributed by atoms with Gasteiger partial charge in [0, 0.05) is 0 Å². The van der Waals surface area contributed by atoms with Crippen LogP contribution >= 0.6 is 0 Å². The van der Waals surface area contributed by atoms with Crippen molar-refractivity contribution in [2.75, 3.05) is 5.01 Å². The second-order valence-electron chi connectivity index (χ2n) is 11.3. The fraction of sp³-hybridized carbons (Fsp3) is 0.429. The van der Waals surface area contributed by atoms with Crippen molar-refractivity contribution in [1.82, 2.24) is 15.0 Å². The Balaban J connectivity index is 1.27. The number of amides is 4. The molecule has 3 aliphatic heterocycles. The number of rotatable bonds is 3. The molecule has 0 N–H and O–H groups in total. The van der Waals surface area contributed by atoms with Crippen molar-refractivity contribution in [3.8, 4) is 0 Å². The van der Waals surface area contributed by atoms with E-state index in [1.54, 1.807) is 39.3 Å². The first-order valence-electron chi connectivity index (χ1n) is 12.7. The minimum absolute atomic E-state index is 0.0161. The van der Waals surface area contributed by atoms with E-state index in [1.165, 1.54) is 0 Å². The Morgan fingerprint density at radius 1 is 0.889 bits per heavy atom. The number of nitrogens with zero attached hydrogens (tertiary/aromatic N) is 4. The molecule has 2 aliphatic carbocycles. The Kier molecular flexibility index (Phi) is 4.12. The fourth-order valence-corrected chi connectivity index (χ4v) is 7.73. The van der Waals surface area contributed by atoms with Gasteiger partial charge in [-0.25, -0.2) is 15.0 Å². The molecule has 2 saturated heterocycles. The van der Waals surface area contributed by atoms with E-state index >= 15 is 0 Å². The predicted molar refractivity (Wildman–Crippen MR) is 130 cm³/mol. The van der Waals surface area contributed by atoms with Crippen LogP contribution in [0.4, 0.5) is 5.69 Å². The van der Waals surface area contributed by atoms with Gasteiger partial charge in [0.1, 0.15) is 6.04 Å². The number of hydrogen-bond donors (Lipinski definition) is 0. The van der Waals surface area contributed by atoms with Crippen molar-refractivity contribution in [3.63, 3.8) is 0 Å². The molecule has 184 valence electrons. The van der Waals surface area contributed by atoms with Gasteiger partial charge in [-0.15, -0.1) is 0 Å². The molecule has 8 heteroatoms. The van der Waals surface area contributed by atoms with Gasteiger partial charge in [0.2, 0.25) is 0 Å². The number of hydrogen-bond acceptors (Lipinski definition) is 5. The largest absolute Gasteiger partial charge is 0.276 e. The number of carbonyl (C=O) groups excluding carboxylic acids is 4. The van der Waals surface area contributed by atoms with E-state index < -0.39 is 23.3 Å². The molecule has 7 rings (SSSR count). The third kappa shape index (κ3) is 2.34. The summed E-state index contributed by atoms with van der Waals surface area (Å²) in [6, 6.07) is 14.8. The Morgan fingerprint density at radius 2 is 1.50 bits per heavy atom. The molecule has 2 aromatic carbocycles. The highest BCUT2D eigenvalue weighted by molar-refractivity contribution is 6.21. The molecule has 5 aliphatic rings. The molecular formula is C28H28N4O4. The molecule has 3 heterocycles. The Bertz CT molecular complexity index is 1320. The Hall–Kier alpha value is -3.52. The molecule has 4 fully saturated rings. The average Bonchev–Trinajstić information content (AvgIpc) is 3.09. The molecule has 2 saturated carbocycles. The molecule has 1 unspecified atom stereocenters. The maximum atomic E-state index is 14.3. The van der Waals surface area contributed by atoms with Crippen molar-refractivity contribution in [1.29, 1.82) is 0 Å². The van der Waals surface area contributed by atoms with Crippen LogP contribution in [-0.2, 0) is 9.59 Å². The SMILES string of the molecule is C[C@H]1[C@H](C(=O)N2[C@@H]3C[C@H]4CC[C@]3(C(=O)N2c2ccccc2)C4(C)C)N1N1C(=O)c2ccccc2C1=O. The first-order chi connectivity index (χ1) is 17.2. The van der Waals surface area contributed by atoms with Crippen LogP contribution < -0.4 is 5.01 Å². The molecule has 2 bridgehead atoms. The molecule has 0 radical (unpaired) electrons. The van der Waals surface area contributed by atoms with Crippen molar-refractivity contribution < 1.29 is 19.2 Å². The summed E-state index contributed by atoms with van der Waals surface area (Å²) in [6.07, 6.45) is 2.53. The van der Waals surface area contributed by atoms with Gasteiger partial charge >= 0.3 is 0 Å². The quantitative estimate of drug-likeness (QED) is 0.494. The van der Waals surface area contributed by atoms with Gasteiger partial charge in [-0.2, -0.15) is 5.01 Å². The summed E-state index contributed by atoms with van der Waals surface area (Å²) in [5.74, 6) is -0.692. The van der Waals surface area contributed by atoms with E-state index in [-0.39, 0.29) is 29.3 Å². The molecular weight excluding hydrogens is 456 g/mol. The minimum Gasteiger partial charge on any atom is -0.272 e. The van der Waals surface area contributed by atoms with Crippen molar-refractivity contribution in [2.45, 2.75) is 58.2 Å². The maximum Gasteiger partial charge on any atom is 0.276 e. The number of carbonyl (C=O) groups is 4. The number of para-hydroxylation sites is 1. The summed E-state index contributed by atoms with van der Waals surface area (Å²) in [5, 5.41) is 5.95. The van der Waals surface area contributed by atoms with Crippen LogP contribution in [0.3, 0.4) is 0 Å². The second kappa shape index (κ2) is 6.82. The number of imide groups is 1. The number of fused-ring (bicyclic) bond motifs is 2. The lowest BCUT2D eigenvalue weighted by Gasteiger charge is -2.35. The lowest BCUT2D eigenvalue weighted by molar-refractivity contribution is -0.135. The smallest absolute Gasteiger partial charge is 0.272 e. The molecule has 6 atom stereocenters. The van der Waals surface area contributed by atoms with E-state index in [1.807, 2.05) is 37.3 Å². The van der Waals surface area contributed by atoms with Crippen molar-refractivity contribution in [3.05, 3.63) is 65.7 Å². The summed E-state index contributed by atoms with van der Waals surface area (Å²) >= 11 is 0. The van der Waals surface area contributed by atoms with Crippen LogP contribution in [0.5, 0.6) is 0 Å². The van der Waals surface area contributed by atoms with Crippen LogP contribution in [0.15, 0.2) is 54.6 Å². The Labute approximate surface area is 209 Å². The van der Waals surface area contributed by atoms with E-state index in [4.69, 9.17) is 0 Å². The zero-order valence-corrected chi connectivity index (χ0v) is 20.5. The van der Waals surface area contributed by atoms with Crippen LogP contribution in [0.1, 0.15) is 60.7 Å². The molecule has 36 heavy (non-hydrogen) atoms. The lowest BCUT2D eigenvalue weighted by Crippen LogP contribution is -2.51. The second-order valence-corrected chi connectivity index (χ2v) is 11.3. The molecule has 8 nitrogen and oxygen atoms in total. The summed E-state index contributed by atoms with van der Waals surface area (Å²) < 4.78 is 0. The first kappa shape index (κ1) is 21.7. The summed E-state index contributed by atoms with van der Waals surface area (Å²) in [6.45, 7) is 6.19. The van der Waals surface area contributed by atoms with Crippen LogP contribution in [0, 0.1) is 16.7 Å². The lowest BCUT2D eigenvalue weighted by atomic mass is 9.67. The summed E-state index contributed by atoms with van der Waals surface area (Å²) in [5.41, 5.74) is 0.530. The van der Waals surface area contributed by atoms with Gasteiger partial charge in [-0.05, 0) is 61.8 Å². The number of hydrazine groups is 2. The highest BCUT2D eigenvalue weighted by Gasteiger charge is 2.76.